The van der Waals surface area contributed by atoms with Crippen LogP contribution in [-0.4, -0.2) is 41.4 Å². The summed E-state index contributed by atoms with van der Waals surface area (Å²) in [5, 5.41) is 0.102. The number of hydrogen-bond donors (Lipinski definition) is 0. The van der Waals surface area contributed by atoms with Crippen molar-refractivity contribution in [2.24, 2.45) is 0 Å². The number of thioether (sulfide) groups is 1. The van der Waals surface area contributed by atoms with Gasteiger partial charge in [0, 0.05) is 17.5 Å². The third-order valence-electron chi connectivity index (χ3n) is 3.40. The maximum atomic E-state index is 12.3. The summed E-state index contributed by atoms with van der Waals surface area (Å²) in [5.41, 5.74) is 1.17. The van der Waals surface area contributed by atoms with Gasteiger partial charge in [-0.3, -0.25) is 9.59 Å². The fourth-order valence-corrected chi connectivity index (χ4v) is 3.11. The Labute approximate surface area is 125 Å². The number of carbonyl (C=O) groups is 2. The molecule has 0 heterocycles. The van der Waals surface area contributed by atoms with E-state index in [2.05, 4.69) is 10.8 Å². The van der Waals surface area contributed by atoms with Gasteiger partial charge in [-0.1, -0.05) is 13.0 Å². The number of amides is 1. The number of allylic oxidation sites excluding steroid dienone is 2. The Bertz CT molecular complexity index is 368. The van der Waals surface area contributed by atoms with Crippen LogP contribution in [0.3, 0.4) is 0 Å². The molecule has 1 aliphatic rings. The van der Waals surface area contributed by atoms with Gasteiger partial charge in [-0.15, -0.1) is 11.8 Å². The fraction of sp³-hybridized carbons (Fsp3) is 0.733. The van der Waals surface area contributed by atoms with Crippen LogP contribution < -0.4 is 0 Å². The average molecular weight is 299 g/mol. The Morgan fingerprint density at radius 2 is 2.20 bits per heavy atom. The number of hydrogen-bond acceptors (Lipinski definition) is 4. The van der Waals surface area contributed by atoms with Crippen LogP contribution in [0.2, 0.25) is 0 Å². The summed E-state index contributed by atoms with van der Waals surface area (Å²) in [6.45, 7) is 4.68. The van der Waals surface area contributed by atoms with Crippen molar-refractivity contribution in [2.45, 2.75) is 51.2 Å². The van der Waals surface area contributed by atoms with E-state index in [1.165, 1.54) is 37.4 Å². The van der Waals surface area contributed by atoms with Crippen LogP contribution in [0.4, 0.5) is 0 Å². The van der Waals surface area contributed by atoms with E-state index in [1.54, 1.807) is 0 Å². The van der Waals surface area contributed by atoms with Crippen molar-refractivity contribution in [1.29, 1.82) is 0 Å². The zero-order chi connectivity index (χ0) is 15.0. The summed E-state index contributed by atoms with van der Waals surface area (Å²) in [6.07, 6.45) is 7.01. The van der Waals surface area contributed by atoms with E-state index in [-0.39, 0.29) is 17.1 Å². The summed E-state index contributed by atoms with van der Waals surface area (Å²) in [5.74, 6) is 0.339. The second kappa shape index (κ2) is 9.06. The topological polar surface area (TPSA) is 46.6 Å². The van der Waals surface area contributed by atoms with Gasteiger partial charge in [0.1, 0.15) is 0 Å². The number of carbonyl (C=O) groups excluding carboxylic acids is 2. The first-order valence-corrected chi connectivity index (χ1v) is 8.31. The third-order valence-corrected chi connectivity index (χ3v) is 4.55. The molecule has 4 nitrogen and oxygen atoms in total. The maximum Gasteiger partial charge on any atom is 0.306 e. The minimum atomic E-state index is -0.222. The summed E-state index contributed by atoms with van der Waals surface area (Å²) in [7, 11) is 1.39. The highest BCUT2D eigenvalue weighted by Gasteiger charge is 2.19. The number of ether oxygens (including phenoxy) is 1. The van der Waals surface area contributed by atoms with E-state index in [0.717, 1.165) is 19.4 Å². The average Bonchev–Trinajstić information content (AvgIpc) is 2.47. The van der Waals surface area contributed by atoms with E-state index >= 15 is 0 Å². The van der Waals surface area contributed by atoms with E-state index in [4.69, 9.17) is 0 Å². The highest BCUT2D eigenvalue weighted by molar-refractivity contribution is 8.00. The van der Waals surface area contributed by atoms with Gasteiger partial charge in [-0.2, -0.15) is 0 Å². The Balaban J connectivity index is 2.43. The molecule has 0 aromatic heterocycles. The second-order valence-electron chi connectivity index (χ2n) is 4.98. The first kappa shape index (κ1) is 17.1. The lowest BCUT2D eigenvalue weighted by molar-refractivity contribution is -0.140. The minimum Gasteiger partial charge on any atom is -0.469 e. The van der Waals surface area contributed by atoms with Gasteiger partial charge in [0.25, 0.3) is 0 Å². The van der Waals surface area contributed by atoms with Crippen molar-refractivity contribution >= 4 is 23.6 Å². The molecule has 0 spiro atoms. The monoisotopic (exact) mass is 299 g/mol. The summed E-state index contributed by atoms with van der Waals surface area (Å²) >= 11 is 1.52. The van der Waals surface area contributed by atoms with Gasteiger partial charge in [-0.05, 0) is 32.6 Å². The highest BCUT2D eigenvalue weighted by atomic mass is 32.2. The molecule has 1 amide bonds. The Morgan fingerprint density at radius 3 is 2.75 bits per heavy atom. The van der Waals surface area contributed by atoms with Crippen LogP contribution in [0.5, 0.6) is 0 Å². The molecule has 0 saturated heterocycles. The molecule has 0 saturated carbocycles. The molecule has 1 unspecified atom stereocenters. The molecular weight excluding hydrogens is 274 g/mol. The molecule has 1 rings (SSSR count). The molecule has 114 valence electrons. The lowest BCUT2D eigenvalue weighted by atomic mass is 10.0. The van der Waals surface area contributed by atoms with Crippen LogP contribution in [0, 0.1) is 0 Å². The third kappa shape index (κ3) is 5.57. The molecule has 1 atom stereocenters. The molecular formula is C15H25NO3S. The molecule has 0 N–H and O–H groups in total. The van der Waals surface area contributed by atoms with Crippen molar-refractivity contribution in [3.05, 3.63) is 11.8 Å². The smallest absolute Gasteiger partial charge is 0.306 e. The van der Waals surface area contributed by atoms with Gasteiger partial charge in [0.15, 0.2) is 0 Å². The van der Waals surface area contributed by atoms with Gasteiger partial charge in [0.2, 0.25) is 5.91 Å². The zero-order valence-corrected chi connectivity index (χ0v) is 13.5. The van der Waals surface area contributed by atoms with Crippen LogP contribution >= 0.6 is 11.8 Å². The van der Waals surface area contributed by atoms with Crippen LogP contribution in [0.25, 0.3) is 0 Å². The van der Waals surface area contributed by atoms with Gasteiger partial charge >= 0.3 is 5.97 Å². The molecule has 0 aromatic carbocycles. The van der Waals surface area contributed by atoms with Crippen molar-refractivity contribution < 1.29 is 14.3 Å². The number of methoxy groups -OCH3 is 1. The molecule has 0 fully saturated rings. The van der Waals surface area contributed by atoms with Crippen molar-refractivity contribution in [3.8, 4) is 0 Å². The van der Waals surface area contributed by atoms with E-state index in [1.807, 2.05) is 18.7 Å². The van der Waals surface area contributed by atoms with E-state index < -0.39 is 0 Å². The molecule has 20 heavy (non-hydrogen) atoms. The van der Waals surface area contributed by atoms with Gasteiger partial charge in [-0.25, -0.2) is 0 Å². The van der Waals surface area contributed by atoms with Gasteiger partial charge < -0.3 is 9.64 Å². The standard InChI is InChI=1S/C15H25NO3S/c1-4-16(13-8-6-5-7-9-13)14(17)11-20-12(2)10-15(18)19-3/h8,12H,4-7,9-11H2,1-3H3. The lowest BCUT2D eigenvalue weighted by Gasteiger charge is -2.26. The van der Waals surface area contributed by atoms with Gasteiger partial charge in [0.05, 0.1) is 19.3 Å². The van der Waals surface area contributed by atoms with E-state index in [0.29, 0.717) is 12.2 Å². The second-order valence-corrected chi connectivity index (χ2v) is 6.41. The van der Waals surface area contributed by atoms with Crippen molar-refractivity contribution in [1.82, 2.24) is 4.90 Å². The Kier molecular flexibility index (Phi) is 7.73. The molecule has 0 radical (unpaired) electrons. The maximum absolute atomic E-state index is 12.3. The zero-order valence-electron chi connectivity index (χ0n) is 12.7. The summed E-state index contributed by atoms with van der Waals surface area (Å²) in [6, 6.07) is 0. The number of rotatable bonds is 7. The molecule has 1 aliphatic carbocycles. The van der Waals surface area contributed by atoms with Crippen molar-refractivity contribution in [3.63, 3.8) is 0 Å². The predicted octanol–water partition coefficient (Wildman–Crippen LogP) is 2.98. The normalized spacial score (nSPS) is 16.2. The first-order chi connectivity index (χ1) is 9.58. The molecule has 0 aromatic rings. The molecule has 0 bridgehead atoms. The fourth-order valence-electron chi connectivity index (χ4n) is 2.27. The lowest BCUT2D eigenvalue weighted by Crippen LogP contribution is -2.32. The van der Waals surface area contributed by atoms with E-state index in [9.17, 15) is 9.59 Å². The quantitative estimate of drug-likeness (QED) is 0.678. The predicted molar refractivity (Wildman–Crippen MR) is 82.5 cm³/mol. The highest BCUT2D eigenvalue weighted by Crippen LogP contribution is 2.22. The molecule has 5 heteroatoms. The summed E-state index contributed by atoms with van der Waals surface area (Å²) < 4.78 is 4.63. The Morgan fingerprint density at radius 1 is 1.45 bits per heavy atom. The van der Waals surface area contributed by atoms with Crippen LogP contribution in [0.1, 0.15) is 46.0 Å². The largest absolute Gasteiger partial charge is 0.469 e. The SMILES string of the molecule is CCN(C(=O)CSC(C)CC(=O)OC)C1=CCCCC1. The Hall–Kier alpha value is -0.970. The van der Waals surface area contributed by atoms with Crippen molar-refractivity contribution in [2.75, 3.05) is 19.4 Å². The first-order valence-electron chi connectivity index (χ1n) is 7.26. The van der Waals surface area contributed by atoms with Crippen LogP contribution in [0.15, 0.2) is 11.8 Å². The summed E-state index contributed by atoms with van der Waals surface area (Å²) in [4.78, 5) is 25.3. The number of esters is 1. The number of nitrogens with zero attached hydrogens (tertiary/aromatic N) is 1. The minimum absolute atomic E-state index is 0.102. The molecule has 0 aliphatic heterocycles. The van der Waals surface area contributed by atoms with Crippen LogP contribution in [-0.2, 0) is 14.3 Å².